The van der Waals surface area contributed by atoms with Gasteiger partial charge in [-0.1, -0.05) is 6.07 Å². The standard InChI is InChI=1S/C14H18N6O2/c1-3-19-11(13(15)21-17-19)9-6-5-7-10(8-9)12-14(16)22-18-20(12)4-2/h5-8H,3-4,15-16H2,1-2H3/q+2. The van der Waals surface area contributed by atoms with E-state index in [1.807, 2.05) is 38.1 Å². The molecule has 2 aromatic heterocycles. The van der Waals surface area contributed by atoms with Crippen LogP contribution in [0.15, 0.2) is 33.3 Å². The van der Waals surface area contributed by atoms with Crippen LogP contribution in [-0.2, 0) is 13.1 Å². The molecule has 2 heterocycles. The van der Waals surface area contributed by atoms with Crippen LogP contribution in [0.4, 0.5) is 11.8 Å². The number of benzene rings is 1. The predicted molar refractivity (Wildman–Crippen MR) is 78.0 cm³/mol. The number of aryl methyl sites for hydroxylation is 2. The normalized spacial score (nSPS) is 11.0. The molecule has 4 N–H and O–H groups in total. The number of hydrogen-bond acceptors (Lipinski definition) is 6. The van der Waals surface area contributed by atoms with Crippen molar-refractivity contribution in [2.45, 2.75) is 26.9 Å². The Morgan fingerprint density at radius 3 is 1.77 bits per heavy atom. The van der Waals surface area contributed by atoms with Gasteiger partial charge < -0.3 is 11.5 Å². The molecular formula is C14H18N6O2+2. The molecule has 0 aliphatic rings. The molecule has 114 valence electrons. The van der Waals surface area contributed by atoms with E-state index in [1.54, 1.807) is 9.36 Å². The molecule has 3 aromatic rings. The third kappa shape index (κ3) is 2.18. The third-order valence-electron chi connectivity index (χ3n) is 3.47. The van der Waals surface area contributed by atoms with Crippen LogP contribution in [-0.4, -0.2) is 10.5 Å². The molecule has 0 atom stereocenters. The van der Waals surface area contributed by atoms with Gasteiger partial charge in [-0.15, -0.1) is 0 Å². The van der Waals surface area contributed by atoms with Gasteiger partial charge >= 0.3 is 23.2 Å². The van der Waals surface area contributed by atoms with Crippen molar-refractivity contribution in [3.8, 4) is 22.5 Å². The average molecular weight is 302 g/mol. The van der Waals surface area contributed by atoms with Gasteiger partial charge in [0.25, 0.3) is 0 Å². The maximum absolute atomic E-state index is 5.89. The highest BCUT2D eigenvalue weighted by atomic mass is 16.5. The number of nitrogens with zero attached hydrogens (tertiary/aromatic N) is 4. The van der Waals surface area contributed by atoms with E-state index in [4.69, 9.17) is 20.5 Å². The zero-order chi connectivity index (χ0) is 15.7. The second kappa shape index (κ2) is 5.47. The molecule has 8 heteroatoms. The fourth-order valence-electron chi connectivity index (χ4n) is 2.44. The van der Waals surface area contributed by atoms with E-state index in [0.717, 1.165) is 22.5 Å². The summed E-state index contributed by atoms with van der Waals surface area (Å²) < 4.78 is 13.6. The fourth-order valence-corrected chi connectivity index (χ4v) is 2.44. The molecule has 8 nitrogen and oxygen atoms in total. The van der Waals surface area contributed by atoms with Crippen molar-refractivity contribution in [1.29, 1.82) is 0 Å². The second-order valence-electron chi connectivity index (χ2n) is 4.78. The lowest BCUT2D eigenvalue weighted by atomic mass is 10.1. The Hall–Kier alpha value is -2.90. The van der Waals surface area contributed by atoms with E-state index in [2.05, 4.69) is 10.5 Å². The lowest BCUT2D eigenvalue weighted by molar-refractivity contribution is -0.749. The van der Waals surface area contributed by atoms with Gasteiger partial charge in [-0.05, 0) is 41.4 Å². The van der Waals surface area contributed by atoms with Crippen LogP contribution < -0.4 is 20.8 Å². The molecule has 0 saturated heterocycles. The quantitative estimate of drug-likeness (QED) is 0.689. The van der Waals surface area contributed by atoms with Crippen molar-refractivity contribution >= 4 is 11.8 Å². The van der Waals surface area contributed by atoms with Crippen LogP contribution in [0.2, 0.25) is 0 Å². The maximum atomic E-state index is 5.89. The average Bonchev–Trinajstić information content (AvgIpc) is 3.09. The fraction of sp³-hybridized carbons (Fsp3) is 0.286. The minimum absolute atomic E-state index is 0.278. The first kappa shape index (κ1) is 14.1. The first-order valence-electron chi connectivity index (χ1n) is 7.07. The van der Waals surface area contributed by atoms with Gasteiger partial charge in [-0.3, -0.25) is 9.05 Å². The minimum atomic E-state index is 0.278. The van der Waals surface area contributed by atoms with Gasteiger partial charge in [0.2, 0.25) is 10.5 Å². The largest absolute Gasteiger partial charge is 0.362 e. The molecule has 0 aliphatic carbocycles. The van der Waals surface area contributed by atoms with Crippen LogP contribution in [0.25, 0.3) is 22.5 Å². The Morgan fingerprint density at radius 2 is 1.36 bits per heavy atom. The van der Waals surface area contributed by atoms with Gasteiger partial charge in [0.1, 0.15) is 0 Å². The molecule has 0 unspecified atom stereocenters. The van der Waals surface area contributed by atoms with Gasteiger partial charge in [0.05, 0.1) is 11.1 Å². The lowest BCUT2D eigenvalue weighted by Gasteiger charge is -1.98. The van der Waals surface area contributed by atoms with E-state index in [-0.39, 0.29) is 11.8 Å². The summed E-state index contributed by atoms with van der Waals surface area (Å²) >= 11 is 0. The minimum Gasteiger partial charge on any atom is -0.362 e. The molecule has 0 saturated carbocycles. The summed E-state index contributed by atoms with van der Waals surface area (Å²) in [7, 11) is 0. The Balaban J connectivity index is 2.14. The van der Waals surface area contributed by atoms with Crippen LogP contribution in [0.3, 0.4) is 0 Å². The van der Waals surface area contributed by atoms with Gasteiger partial charge in [-0.2, -0.15) is 0 Å². The number of hydrogen-bond donors (Lipinski definition) is 2. The van der Waals surface area contributed by atoms with Crippen LogP contribution in [0.1, 0.15) is 13.8 Å². The van der Waals surface area contributed by atoms with E-state index < -0.39 is 0 Å². The molecule has 0 bridgehead atoms. The lowest BCUT2D eigenvalue weighted by Crippen LogP contribution is -2.36. The predicted octanol–water partition coefficient (Wildman–Crippen LogP) is 0.776. The highest BCUT2D eigenvalue weighted by Gasteiger charge is 2.27. The smallest absolute Gasteiger partial charge is 0.304 e. The molecule has 0 fully saturated rings. The van der Waals surface area contributed by atoms with Crippen molar-refractivity contribution in [3.63, 3.8) is 0 Å². The Kier molecular flexibility index (Phi) is 3.50. The van der Waals surface area contributed by atoms with E-state index in [1.165, 1.54) is 0 Å². The van der Waals surface area contributed by atoms with Crippen molar-refractivity contribution in [1.82, 2.24) is 10.5 Å². The number of nitrogens with two attached hydrogens (primary N) is 2. The maximum Gasteiger partial charge on any atom is 0.304 e. The van der Waals surface area contributed by atoms with Crippen molar-refractivity contribution in [3.05, 3.63) is 24.3 Å². The summed E-state index contributed by atoms with van der Waals surface area (Å²) in [5.41, 5.74) is 15.0. The zero-order valence-corrected chi connectivity index (χ0v) is 12.5. The third-order valence-corrected chi connectivity index (χ3v) is 3.47. The van der Waals surface area contributed by atoms with E-state index in [9.17, 15) is 0 Å². The molecule has 0 spiro atoms. The number of aromatic nitrogens is 4. The SMILES string of the molecule is CC[n+]1noc(N)c1-c1cccc(-c2c(N)on[n+]2CC)c1. The van der Waals surface area contributed by atoms with E-state index in [0.29, 0.717) is 13.1 Å². The number of anilines is 2. The first-order valence-corrected chi connectivity index (χ1v) is 7.07. The van der Waals surface area contributed by atoms with Crippen molar-refractivity contribution < 1.29 is 18.4 Å². The molecule has 1 aromatic carbocycles. The summed E-state index contributed by atoms with van der Waals surface area (Å²) in [5, 5.41) is 7.82. The summed E-state index contributed by atoms with van der Waals surface area (Å²) in [5.74, 6) is 0.557. The topological polar surface area (TPSA) is 112 Å². The van der Waals surface area contributed by atoms with Crippen molar-refractivity contribution in [2.75, 3.05) is 11.5 Å². The Morgan fingerprint density at radius 1 is 0.909 bits per heavy atom. The zero-order valence-electron chi connectivity index (χ0n) is 12.5. The summed E-state index contributed by atoms with van der Waals surface area (Å²) in [4.78, 5) is 0. The Labute approximate surface area is 126 Å². The summed E-state index contributed by atoms with van der Waals surface area (Å²) in [6.45, 7) is 5.26. The number of rotatable bonds is 4. The molecule has 3 rings (SSSR count). The van der Waals surface area contributed by atoms with Gasteiger partial charge in [0, 0.05) is 0 Å². The van der Waals surface area contributed by atoms with Gasteiger partial charge in [-0.25, -0.2) is 0 Å². The highest BCUT2D eigenvalue weighted by Crippen LogP contribution is 2.28. The summed E-state index contributed by atoms with van der Waals surface area (Å²) in [6, 6.07) is 7.77. The molecule has 0 radical (unpaired) electrons. The summed E-state index contributed by atoms with van der Waals surface area (Å²) in [6.07, 6.45) is 0. The van der Waals surface area contributed by atoms with E-state index >= 15 is 0 Å². The highest BCUT2D eigenvalue weighted by molar-refractivity contribution is 5.74. The molecule has 0 amide bonds. The molecule has 22 heavy (non-hydrogen) atoms. The van der Waals surface area contributed by atoms with Gasteiger partial charge in [0.15, 0.2) is 13.1 Å². The van der Waals surface area contributed by atoms with Crippen LogP contribution in [0.5, 0.6) is 0 Å². The van der Waals surface area contributed by atoms with Crippen molar-refractivity contribution in [2.24, 2.45) is 0 Å². The number of nitrogen functional groups attached to an aromatic ring is 2. The van der Waals surface area contributed by atoms with Crippen LogP contribution >= 0.6 is 0 Å². The first-order chi connectivity index (χ1) is 10.7. The second-order valence-corrected chi connectivity index (χ2v) is 4.78. The molecular weight excluding hydrogens is 284 g/mol. The monoisotopic (exact) mass is 302 g/mol. The molecule has 0 aliphatic heterocycles. The van der Waals surface area contributed by atoms with Crippen LogP contribution in [0, 0.1) is 0 Å². The Bertz CT molecular complexity index is 744.